The first-order valence-electron chi connectivity index (χ1n) is 7.21. The molecule has 0 radical (unpaired) electrons. The Balaban J connectivity index is 1.80. The van der Waals surface area contributed by atoms with E-state index in [-0.39, 0.29) is 12.5 Å². The van der Waals surface area contributed by atoms with Gasteiger partial charge in [0.05, 0.1) is 17.7 Å². The maximum atomic E-state index is 13.0. The Morgan fingerprint density at radius 3 is 2.78 bits per heavy atom. The molecule has 0 bridgehead atoms. The lowest BCUT2D eigenvalue weighted by molar-refractivity contribution is -0.139. The first kappa shape index (κ1) is 17.7. The van der Waals surface area contributed by atoms with Gasteiger partial charge < -0.3 is 19.7 Å². The third kappa shape index (κ3) is 5.18. The number of rotatable bonds is 5. The van der Waals surface area contributed by atoms with Crippen molar-refractivity contribution in [1.29, 1.82) is 0 Å². The molecule has 0 aliphatic carbocycles. The summed E-state index contributed by atoms with van der Waals surface area (Å²) in [5.74, 6) is -0.618. The number of nitrogens with zero attached hydrogens (tertiary/aromatic N) is 1. The smallest absolute Gasteiger partial charge is 0.258 e. The molecule has 2 amide bonds. The van der Waals surface area contributed by atoms with E-state index in [1.807, 2.05) is 0 Å². The molecule has 0 unspecified atom stereocenters. The van der Waals surface area contributed by atoms with Gasteiger partial charge in [-0.25, -0.2) is 4.39 Å². The van der Waals surface area contributed by atoms with Gasteiger partial charge >= 0.3 is 0 Å². The molecular formula is C15H18BrFN2O4. The molecule has 2 rings (SSSR count). The van der Waals surface area contributed by atoms with Gasteiger partial charge in [0.25, 0.3) is 5.91 Å². The molecule has 126 valence electrons. The summed E-state index contributed by atoms with van der Waals surface area (Å²) in [6.45, 7) is 3.44. The highest BCUT2D eigenvalue weighted by Crippen LogP contribution is 2.25. The van der Waals surface area contributed by atoms with Crippen LogP contribution in [0.5, 0.6) is 5.75 Å². The zero-order valence-corrected chi connectivity index (χ0v) is 14.3. The zero-order chi connectivity index (χ0) is 16.8. The van der Waals surface area contributed by atoms with Crippen LogP contribution in [0.15, 0.2) is 22.7 Å². The monoisotopic (exact) mass is 388 g/mol. The third-order valence-electron chi connectivity index (χ3n) is 3.32. The largest absolute Gasteiger partial charge is 0.483 e. The van der Waals surface area contributed by atoms with Crippen LogP contribution < -0.4 is 10.1 Å². The van der Waals surface area contributed by atoms with Gasteiger partial charge in [0, 0.05) is 13.1 Å². The van der Waals surface area contributed by atoms with Crippen LogP contribution in [0.25, 0.3) is 0 Å². The zero-order valence-electron chi connectivity index (χ0n) is 12.7. The molecule has 1 aromatic rings. The number of carbonyl (C=O) groups excluding carboxylic acids is 2. The van der Waals surface area contributed by atoms with E-state index >= 15 is 0 Å². The highest BCUT2D eigenvalue weighted by atomic mass is 79.9. The van der Waals surface area contributed by atoms with Crippen LogP contribution in [0, 0.1) is 5.82 Å². The number of carbonyl (C=O) groups is 2. The molecule has 0 spiro atoms. The van der Waals surface area contributed by atoms with Crippen molar-refractivity contribution >= 4 is 27.7 Å². The topological polar surface area (TPSA) is 67.9 Å². The van der Waals surface area contributed by atoms with Gasteiger partial charge in [0.15, 0.2) is 6.61 Å². The molecule has 8 heteroatoms. The van der Waals surface area contributed by atoms with Gasteiger partial charge in [0.1, 0.15) is 17.6 Å². The lowest BCUT2D eigenvalue weighted by Gasteiger charge is -2.29. The van der Waals surface area contributed by atoms with E-state index in [0.29, 0.717) is 36.5 Å². The van der Waals surface area contributed by atoms with Gasteiger partial charge in [0.2, 0.25) is 5.91 Å². The van der Waals surface area contributed by atoms with Crippen LogP contribution in [-0.2, 0) is 14.3 Å². The maximum Gasteiger partial charge on any atom is 0.258 e. The predicted octanol–water partition coefficient (Wildman–Crippen LogP) is 1.33. The Bertz CT molecular complexity index is 579. The Labute approximate surface area is 142 Å². The van der Waals surface area contributed by atoms with Crippen LogP contribution in [0.1, 0.15) is 6.92 Å². The molecule has 1 aromatic carbocycles. The molecular weight excluding hydrogens is 371 g/mol. The first-order valence-corrected chi connectivity index (χ1v) is 8.00. The second kappa shape index (κ2) is 8.26. The molecule has 1 atom stereocenters. The average Bonchev–Trinajstić information content (AvgIpc) is 2.54. The summed E-state index contributed by atoms with van der Waals surface area (Å²) >= 11 is 3.15. The van der Waals surface area contributed by atoms with Crippen molar-refractivity contribution in [2.24, 2.45) is 0 Å². The molecule has 1 N–H and O–H groups in total. The van der Waals surface area contributed by atoms with Crippen LogP contribution in [0.4, 0.5) is 4.39 Å². The fraction of sp³-hybridized carbons (Fsp3) is 0.467. The van der Waals surface area contributed by atoms with Crippen molar-refractivity contribution in [3.63, 3.8) is 0 Å². The van der Waals surface area contributed by atoms with Gasteiger partial charge in [-0.15, -0.1) is 0 Å². The third-order valence-corrected chi connectivity index (χ3v) is 3.94. The minimum absolute atomic E-state index is 0.149. The fourth-order valence-corrected chi connectivity index (χ4v) is 2.60. The Kier molecular flexibility index (Phi) is 6.35. The van der Waals surface area contributed by atoms with Crippen LogP contribution >= 0.6 is 15.9 Å². The number of ether oxygens (including phenoxy) is 2. The van der Waals surface area contributed by atoms with Crippen molar-refractivity contribution in [3.8, 4) is 5.75 Å². The summed E-state index contributed by atoms with van der Waals surface area (Å²) < 4.78 is 23.9. The summed E-state index contributed by atoms with van der Waals surface area (Å²) in [5, 5.41) is 2.59. The fourth-order valence-electron chi connectivity index (χ4n) is 2.14. The minimum Gasteiger partial charge on any atom is -0.483 e. The van der Waals surface area contributed by atoms with E-state index in [0.717, 1.165) is 0 Å². The average molecular weight is 389 g/mol. The van der Waals surface area contributed by atoms with Gasteiger partial charge in [-0.05, 0) is 41.1 Å². The number of hydrogen-bond acceptors (Lipinski definition) is 4. The van der Waals surface area contributed by atoms with E-state index in [4.69, 9.17) is 9.47 Å². The van der Waals surface area contributed by atoms with Crippen LogP contribution in [-0.4, -0.2) is 55.7 Å². The summed E-state index contributed by atoms with van der Waals surface area (Å²) in [5.41, 5.74) is 0. The molecule has 6 nitrogen and oxygen atoms in total. The lowest BCUT2D eigenvalue weighted by Crippen LogP contribution is -2.51. The Morgan fingerprint density at radius 2 is 2.13 bits per heavy atom. The van der Waals surface area contributed by atoms with E-state index < -0.39 is 17.8 Å². The number of amides is 2. The Hall–Kier alpha value is -1.67. The van der Waals surface area contributed by atoms with Crippen LogP contribution in [0.2, 0.25) is 0 Å². The molecule has 1 fully saturated rings. The van der Waals surface area contributed by atoms with Gasteiger partial charge in [-0.3, -0.25) is 9.59 Å². The number of nitrogens with one attached hydrogen (secondary N) is 1. The summed E-state index contributed by atoms with van der Waals surface area (Å²) in [6, 6.07) is 3.27. The van der Waals surface area contributed by atoms with Crippen LogP contribution in [0.3, 0.4) is 0 Å². The molecule has 23 heavy (non-hydrogen) atoms. The lowest BCUT2D eigenvalue weighted by atomic mass is 10.2. The second-order valence-corrected chi connectivity index (χ2v) is 5.94. The number of morpholine rings is 1. The van der Waals surface area contributed by atoms with Gasteiger partial charge in [-0.1, -0.05) is 0 Å². The molecule has 1 aliphatic heterocycles. The normalized spacial score (nSPS) is 15.9. The summed E-state index contributed by atoms with van der Waals surface area (Å²) in [6.07, 6.45) is 0. The minimum atomic E-state index is -0.638. The number of halogens is 2. The molecule has 1 aliphatic rings. The summed E-state index contributed by atoms with van der Waals surface area (Å²) in [4.78, 5) is 25.7. The first-order chi connectivity index (χ1) is 11.0. The van der Waals surface area contributed by atoms with Crippen molar-refractivity contribution in [1.82, 2.24) is 10.2 Å². The maximum absolute atomic E-state index is 13.0. The highest BCUT2D eigenvalue weighted by Gasteiger charge is 2.23. The SMILES string of the molecule is C[C@H](NC(=O)COc1ccc(F)cc1Br)C(=O)N1CCOCC1. The van der Waals surface area contributed by atoms with E-state index in [2.05, 4.69) is 21.2 Å². The van der Waals surface area contributed by atoms with E-state index in [9.17, 15) is 14.0 Å². The highest BCUT2D eigenvalue weighted by molar-refractivity contribution is 9.10. The standard InChI is InChI=1S/C15H18BrFN2O4/c1-10(15(21)19-4-6-22-7-5-19)18-14(20)9-23-13-3-2-11(17)8-12(13)16/h2-3,8,10H,4-7,9H2,1H3,(H,18,20)/t10-/m0/s1. The van der Waals surface area contributed by atoms with Crippen molar-refractivity contribution in [2.45, 2.75) is 13.0 Å². The van der Waals surface area contributed by atoms with Crippen molar-refractivity contribution in [2.75, 3.05) is 32.9 Å². The Morgan fingerprint density at radius 1 is 1.43 bits per heavy atom. The number of hydrogen-bond donors (Lipinski definition) is 1. The number of benzene rings is 1. The van der Waals surface area contributed by atoms with Crippen molar-refractivity contribution < 1.29 is 23.5 Å². The quantitative estimate of drug-likeness (QED) is 0.825. The molecule has 0 aromatic heterocycles. The van der Waals surface area contributed by atoms with Crippen molar-refractivity contribution in [3.05, 3.63) is 28.5 Å². The summed E-state index contributed by atoms with van der Waals surface area (Å²) in [7, 11) is 0. The molecule has 1 heterocycles. The predicted molar refractivity (Wildman–Crippen MR) is 84.6 cm³/mol. The van der Waals surface area contributed by atoms with E-state index in [1.165, 1.54) is 18.2 Å². The second-order valence-electron chi connectivity index (χ2n) is 5.09. The van der Waals surface area contributed by atoms with Gasteiger partial charge in [-0.2, -0.15) is 0 Å². The molecule has 0 saturated carbocycles. The van der Waals surface area contributed by atoms with E-state index in [1.54, 1.807) is 11.8 Å². The molecule has 1 saturated heterocycles.